The van der Waals surface area contributed by atoms with E-state index in [1.165, 1.54) is 12.8 Å². The van der Waals surface area contributed by atoms with Crippen LogP contribution in [0, 0.1) is 0 Å². The fourth-order valence-corrected chi connectivity index (χ4v) is 3.06. The minimum atomic E-state index is -0.431. The van der Waals surface area contributed by atoms with E-state index in [1.807, 2.05) is 20.8 Å². The molecule has 1 aliphatic heterocycles. The zero-order valence-electron chi connectivity index (χ0n) is 13.0. The van der Waals surface area contributed by atoms with Crippen LogP contribution in [0.2, 0.25) is 0 Å². The van der Waals surface area contributed by atoms with Crippen molar-refractivity contribution < 1.29 is 9.53 Å². The molecule has 20 heavy (non-hydrogen) atoms. The van der Waals surface area contributed by atoms with E-state index in [4.69, 9.17) is 4.74 Å². The van der Waals surface area contributed by atoms with Crippen LogP contribution in [0.3, 0.4) is 0 Å². The fourth-order valence-electron chi connectivity index (χ4n) is 3.06. The van der Waals surface area contributed by atoms with Gasteiger partial charge in [-0.1, -0.05) is 0 Å². The minimum absolute atomic E-state index is 0.200. The summed E-state index contributed by atoms with van der Waals surface area (Å²) in [5, 5.41) is 10.1. The number of alkyl carbamates (subject to hydrolysis) is 1. The van der Waals surface area contributed by atoms with Gasteiger partial charge >= 0.3 is 6.09 Å². The van der Waals surface area contributed by atoms with Gasteiger partial charge in [0.15, 0.2) is 0 Å². The van der Waals surface area contributed by atoms with Crippen molar-refractivity contribution in [2.75, 3.05) is 13.1 Å². The standard InChI is InChI=1S/C15H29N3O2/c1-15(2,3)20-14(19)18-13-8-4-7-12(13)17-10-11-6-5-9-16-11/h11-13,16-17H,4-10H2,1-3H3,(H,18,19). The van der Waals surface area contributed by atoms with Gasteiger partial charge < -0.3 is 20.7 Å². The summed E-state index contributed by atoms with van der Waals surface area (Å²) in [6, 6.07) is 1.17. The molecule has 1 saturated heterocycles. The molecule has 2 aliphatic rings. The van der Waals surface area contributed by atoms with Crippen LogP contribution in [0.25, 0.3) is 0 Å². The lowest BCUT2D eigenvalue weighted by atomic mass is 10.1. The Balaban J connectivity index is 1.73. The lowest BCUT2D eigenvalue weighted by Crippen LogP contribution is -2.50. The molecule has 0 bridgehead atoms. The first kappa shape index (κ1) is 15.6. The Bertz CT molecular complexity index is 322. The lowest BCUT2D eigenvalue weighted by molar-refractivity contribution is 0.0498. The number of ether oxygens (including phenoxy) is 1. The van der Waals surface area contributed by atoms with Crippen LogP contribution in [0.5, 0.6) is 0 Å². The van der Waals surface area contributed by atoms with Gasteiger partial charge in [-0.15, -0.1) is 0 Å². The maximum absolute atomic E-state index is 11.8. The zero-order valence-corrected chi connectivity index (χ0v) is 13.0. The molecule has 0 spiro atoms. The smallest absolute Gasteiger partial charge is 0.407 e. The Morgan fingerprint density at radius 3 is 2.60 bits per heavy atom. The molecule has 1 amide bonds. The van der Waals surface area contributed by atoms with Crippen molar-refractivity contribution in [2.24, 2.45) is 0 Å². The first-order chi connectivity index (χ1) is 9.44. The van der Waals surface area contributed by atoms with Gasteiger partial charge in [-0.05, 0) is 59.4 Å². The number of amides is 1. The van der Waals surface area contributed by atoms with Crippen molar-refractivity contribution in [2.45, 2.75) is 76.6 Å². The summed E-state index contributed by atoms with van der Waals surface area (Å²) in [7, 11) is 0. The molecule has 2 rings (SSSR count). The molecule has 2 fully saturated rings. The van der Waals surface area contributed by atoms with E-state index in [0.717, 1.165) is 32.4 Å². The summed E-state index contributed by atoms with van der Waals surface area (Å²) in [5.74, 6) is 0. The molecular weight excluding hydrogens is 254 g/mol. The van der Waals surface area contributed by atoms with Crippen molar-refractivity contribution in [3.05, 3.63) is 0 Å². The first-order valence-corrected chi connectivity index (χ1v) is 7.90. The second-order valence-corrected chi connectivity index (χ2v) is 6.99. The van der Waals surface area contributed by atoms with Gasteiger partial charge in [0.2, 0.25) is 0 Å². The Hall–Kier alpha value is -0.810. The molecule has 0 radical (unpaired) electrons. The average Bonchev–Trinajstić information content (AvgIpc) is 2.94. The molecule has 5 nitrogen and oxygen atoms in total. The van der Waals surface area contributed by atoms with Crippen molar-refractivity contribution in [1.29, 1.82) is 0 Å². The number of carbonyl (C=O) groups excluding carboxylic acids is 1. The second kappa shape index (κ2) is 6.76. The number of hydrogen-bond acceptors (Lipinski definition) is 4. The molecule has 0 aromatic carbocycles. The molecule has 116 valence electrons. The van der Waals surface area contributed by atoms with Gasteiger partial charge in [-0.25, -0.2) is 4.79 Å². The SMILES string of the molecule is CC(C)(C)OC(=O)NC1CCCC1NCC1CCCN1. The van der Waals surface area contributed by atoms with Crippen LogP contribution in [-0.4, -0.2) is 42.9 Å². The number of hydrogen-bond donors (Lipinski definition) is 3. The third kappa shape index (κ3) is 4.94. The molecule has 3 N–H and O–H groups in total. The van der Waals surface area contributed by atoms with E-state index in [9.17, 15) is 4.79 Å². The number of carbonyl (C=O) groups is 1. The van der Waals surface area contributed by atoms with E-state index in [2.05, 4.69) is 16.0 Å². The highest BCUT2D eigenvalue weighted by molar-refractivity contribution is 5.68. The van der Waals surface area contributed by atoms with Crippen molar-refractivity contribution >= 4 is 6.09 Å². The fraction of sp³-hybridized carbons (Fsp3) is 0.933. The van der Waals surface area contributed by atoms with Crippen LogP contribution in [0.15, 0.2) is 0 Å². The normalized spacial score (nSPS) is 30.4. The molecule has 1 saturated carbocycles. The van der Waals surface area contributed by atoms with Crippen LogP contribution >= 0.6 is 0 Å². The van der Waals surface area contributed by atoms with Gasteiger partial charge in [0.05, 0.1) is 0 Å². The maximum atomic E-state index is 11.8. The van der Waals surface area contributed by atoms with E-state index in [0.29, 0.717) is 12.1 Å². The van der Waals surface area contributed by atoms with Crippen LogP contribution < -0.4 is 16.0 Å². The Labute approximate surface area is 122 Å². The predicted molar refractivity (Wildman–Crippen MR) is 79.8 cm³/mol. The Morgan fingerprint density at radius 2 is 1.95 bits per heavy atom. The summed E-state index contributed by atoms with van der Waals surface area (Å²) >= 11 is 0. The van der Waals surface area contributed by atoms with E-state index in [-0.39, 0.29) is 12.1 Å². The van der Waals surface area contributed by atoms with E-state index < -0.39 is 5.60 Å². The predicted octanol–water partition coefficient (Wildman–Crippen LogP) is 1.77. The van der Waals surface area contributed by atoms with Crippen molar-refractivity contribution in [1.82, 2.24) is 16.0 Å². The quantitative estimate of drug-likeness (QED) is 0.736. The van der Waals surface area contributed by atoms with Gasteiger partial charge in [0.25, 0.3) is 0 Å². The molecule has 3 unspecified atom stereocenters. The average molecular weight is 283 g/mol. The first-order valence-electron chi connectivity index (χ1n) is 7.90. The molecule has 0 aromatic rings. The molecular formula is C15H29N3O2. The summed E-state index contributed by atoms with van der Waals surface area (Å²) in [6.07, 6.45) is 5.56. The van der Waals surface area contributed by atoms with Crippen molar-refractivity contribution in [3.8, 4) is 0 Å². The Morgan fingerprint density at radius 1 is 1.20 bits per heavy atom. The monoisotopic (exact) mass is 283 g/mol. The van der Waals surface area contributed by atoms with Gasteiger partial charge in [0, 0.05) is 24.7 Å². The van der Waals surface area contributed by atoms with Crippen LogP contribution in [0.4, 0.5) is 4.79 Å². The largest absolute Gasteiger partial charge is 0.444 e. The lowest BCUT2D eigenvalue weighted by Gasteiger charge is -2.26. The van der Waals surface area contributed by atoms with E-state index >= 15 is 0 Å². The third-order valence-corrected chi connectivity index (χ3v) is 4.01. The highest BCUT2D eigenvalue weighted by Gasteiger charge is 2.30. The summed E-state index contributed by atoms with van der Waals surface area (Å²) in [6.45, 7) is 7.81. The molecule has 3 atom stereocenters. The zero-order chi connectivity index (χ0) is 14.6. The highest BCUT2D eigenvalue weighted by Crippen LogP contribution is 2.20. The third-order valence-electron chi connectivity index (χ3n) is 4.01. The maximum Gasteiger partial charge on any atom is 0.407 e. The summed E-state index contributed by atoms with van der Waals surface area (Å²) < 4.78 is 5.34. The van der Waals surface area contributed by atoms with Gasteiger partial charge in [0.1, 0.15) is 5.60 Å². The second-order valence-electron chi connectivity index (χ2n) is 6.99. The number of nitrogens with one attached hydrogen (secondary N) is 3. The minimum Gasteiger partial charge on any atom is -0.444 e. The van der Waals surface area contributed by atoms with Gasteiger partial charge in [-0.2, -0.15) is 0 Å². The summed E-state index contributed by atoms with van der Waals surface area (Å²) in [4.78, 5) is 11.8. The molecule has 1 heterocycles. The topological polar surface area (TPSA) is 62.4 Å². The summed E-state index contributed by atoms with van der Waals surface area (Å²) in [5.41, 5.74) is -0.431. The number of rotatable bonds is 4. The highest BCUT2D eigenvalue weighted by atomic mass is 16.6. The van der Waals surface area contributed by atoms with Crippen molar-refractivity contribution in [3.63, 3.8) is 0 Å². The van der Waals surface area contributed by atoms with Crippen LogP contribution in [0.1, 0.15) is 52.9 Å². The van der Waals surface area contributed by atoms with Gasteiger partial charge in [-0.3, -0.25) is 0 Å². The van der Waals surface area contributed by atoms with E-state index in [1.54, 1.807) is 0 Å². The molecule has 1 aliphatic carbocycles. The molecule has 0 aromatic heterocycles. The molecule has 5 heteroatoms. The van der Waals surface area contributed by atoms with Crippen LogP contribution in [-0.2, 0) is 4.74 Å². The Kier molecular flexibility index (Phi) is 5.27.